The number of benzene rings is 2. The SMILES string of the molecule is COc1ccc(/C(C)=N/NC(=O)[C@H]2C[C@H]2c2ccc(C(C)(C)C)cc2)cc1[N+](=O)[O-]. The van der Waals surface area contributed by atoms with Crippen LogP contribution in [0.4, 0.5) is 5.69 Å². The van der Waals surface area contributed by atoms with Crippen LogP contribution < -0.4 is 10.2 Å². The lowest BCUT2D eigenvalue weighted by molar-refractivity contribution is -0.385. The topological polar surface area (TPSA) is 93.8 Å². The number of hydrazone groups is 1. The second-order valence-electron chi connectivity index (χ2n) is 8.64. The summed E-state index contributed by atoms with van der Waals surface area (Å²) in [6, 6.07) is 13.0. The minimum atomic E-state index is -0.506. The van der Waals surface area contributed by atoms with Gasteiger partial charge in [-0.15, -0.1) is 0 Å². The van der Waals surface area contributed by atoms with Crippen LogP contribution in [0.1, 0.15) is 56.7 Å². The third-order valence-electron chi connectivity index (χ3n) is 5.46. The number of nitro groups is 1. The van der Waals surface area contributed by atoms with Gasteiger partial charge < -0.3 is 4.74 Å². The highest BCUT2D eigenvalue weighted by Gasteiger charge is 2.44. The molecule has 0 aromatic heterocycles. The van der Waals surface area contributed by atoms with E-state index in [4.69, 9.17) is 4.74 Å². The van der Waals surface area contributed by atoms with Crippen molar-refractivity contribution in [1.29, 1.82) is 0 Å². The summed E-state index contributed by atoms with van der Waals surface area (Å²) in [6.45, 7) is 8.22. The summed E-state index contributed by atoms with van der Waals surface area (Å²) >= 11 is 0. The Hall–Kier alpha value is -3.22. The Morgan fingerprint density at radius 3 is 2.43 bits per heavy atom. The molecule has 30 heavy (non-hydrogen) atoms. The summed E-state index contributed by atoms with van der Waals surface area (Å²) in [4.78, 5) is 23.2. The molecule has 7 heteroatoms. The van der Waals surface area contributed by atoms with Gasteiger partial charge in [-0.1, -0.05) is 45.0 Å². The lowest BCUT2D eigenvalue weighted by Gasteiger charge is -2.19. The molecule has 0 saturated heterocycles. The van der Waals surface area contributed by atoms with Gasteiger partial charge >= 0.3 is 5.69 Å². The number of nitrogens with zero attached hydrogens (tertiary/aromatic N) is 2. The number of methoxy groups -OCH3 is 1. The van der Waals surface area contributed by atoms with Gasteiger partial charge in [-0.3, -0.25) is 14.9 Å². The van der Waals surface area contributed by atoms with E-state index in [9.17, 15) is 14.9 Å². The van der Waals surface area contributed by atoms with Crippen LogP contribution in [-0.4, -0.2) is 23.7 Å². The van der Waals surface area contributed by atoms with Gasteiger partial charge in [0.15, 0.2) is 5.75 Å². The molecule has 3 rings (SSSR count). The van der Waals surface area contributed by atoms with Crippen LogP contribution in [0.15, 0.2) is 47.6 Å². The van der Waals surface area contributed by atoms with Crippen molar-refractivity contribution < 1.29 is 14.5 Å². The largest absolute Gasteiger partial charge is 0.490 e. The monoisotopic (exact) mass is 409 g/mol. The zero-order valence-corrected chi connectivity index (χ0v) is 17.9. The zero-order chi connectivity index (χ0) is 22.1. The van der Waals surface area contributed by atoms with Crippen LogP contribution in [0.2, 0.25) is 0 Å². The van der Waals surface area contributed by atoms with E-state index in [-0.39, 0.29) is 34.6 Å². The number of nitrogens with one attached hydrogen (secondary N) is 1. The van der Waals surface area contributed by atoms with Crippen molar-refractivity contribution in [1.82, 2.24) is 5.43 Å². The molecular weight excluding hydrogens is 382 g/mol. The first-order chi connectivity index (χ1) is 14.1. The van der Waals surface area contributed by atoms with Crippen LogP contribution in [0, 0.1) is 16.0 Å². The summed E-state index contributed by atoms with van der Waals surface area (Å²) in [5, 5.41) is 15.3. The molecule has 7 nitrogen and oxygen atoms in total. The highest BCUT2D eigenvalue weighted by atomic mass is 16.6. The first-order valence-electron chi connectivity index (χ1n) is 9.89. The van der Waals surface area contributed by atoms with Crippen molar-refractivity contribution in [2.24, 2.45) is 11.0 Å². The van der Waals surface area contributed by atoms with Gasteiger partial charge in [0.2, 0.25) is 5.91 Å². The van der Waals surface area contributed by atoms with Gasteiger partial charge in [0.1, 0.15) is 0 Å². The summed E-state index contributed by atoms with van der Waals surface area (Å²) in [5.41, 5.74) is 6.02. The Kier molecular flexibility index (Phi) is 5.92. The number of carbonyl (C=O) groups is 1. The summed E-state index contributed by atoms with van der Waals surface area (Å²) in [7, 11) is 1.38. The van der Waals surface area contributed by atoms with E-state index < -0.39 is 4.92 Å². The first kappa shape index (κ1) is 21.5. The number of rotatable bonds is 6. The van der Waals surface area contributed by atoms with Gasteiger partial charge in [0.05, 0.1) is 17.7 Å². The number of hydrogen-bond acceptors (Lipinski definition) is 5. The highest BCUT2D eigenvalue weighted by Crippen LogP contribution is 2.47. The van der Waals surface area contributed by atoms with Gasteiger partial charge in [-0.2, -0.15) is 5.10 Å². The molecule has 0 unspecified atom stereocenters. The maximum Gasteiger partial charge on any atom is 0.311 e. The molecular formula is C23H27N3O4. The van der Waals surface area contributed by atoms with Crippen LogP contribution in [0.5, 0.6) is 5.75 Å². The molecule has 0 radical (unpaired) electrons. The number of ether oxygens (including phenoxy) is 1. The molecule has 2 aromatic rings. The smallest absolute Gasteiger partial charge is 0.311 e. The molecule has 0 bridgehead atoms. The van der Waals surface area contributed by atoms with Crippen molar-refractivity contribution >= 4 is 17.3 Å². The lowest BCUT2D eigenvalue weighted by atomic mass is 9.86. The third-order valence-corrected chi connectivity index (χ3v) is 5.46. The van der Waals surface area contributed by atoms with Crippen molar-refractivity contribution in [2.45, 2.75) is 45.4 Å². The summed E-state index contributed by atoms with van der Waals surface area (Å²) < 4.78 is 5.01. The number of carbonyl (C=O) groups excluding carboxylic acids is 1. The van der Waals surface area contributed by atoms with Gasteiger partial charge in [0, 0.05) is 17.5 Å². The van der Waals surface area contributed by atoms with Crippen LogP contribution >= 0.6 is 0 Å². The zero-order valence-electron chi connectivity index (χ0n) is 17.9. The van der Waals surface area contributed by atoms with E-state index in [2.05, 4.69) is 55.6 Å². The Balaban J connectivity index is 1.64. The molecule has 158 valence electrons. The van der Waals surface area contributed by atoms with Crippen LogP contribution in [0.25, 0.3) is 0 Å². The standard InChI is InChI=1S/C23H27N3O4/c1-14(16-8-11-21(30-5)20(12-16)26(28)29)24-25-22(27)19-13-18(19)15-6-9-17(10-7-15)23(2,3)4/h6-12,18-19H,13H2,1-5H3,(H,25,27)/b24-14+/t18-,19-/m0/s1. The Bertz CT molecular complexity index is 990. The van der Waals surface area contributed by atoms with Gasteiger partial charge in [-0.05, 0) is 47.9 Å². The second-order valence-corrected chi connectivity index (χ2v) is 8.64. The number of amides is 1. The average Bonchev–Trinajstić information content (AvgIpc) is 3.51. The van der Waals surface area contributed by atoms with E-state index >= 15 is 0 Å². The molecule has 1 aliphatic rings. The minimum Gasteiger partial charge on any atom is -0.490 e. The Morgan fingerprint density at radius 1 is 1.20 bits per heavy atom. The molecule has 2 atom stereocenters. The summed E-state index contributed by atoms with van der Waals surface area (Å²) in [6.07, 6.45) is 0.795. The molecule has 1 aliphatic carbocycles. The molecule has 2 aromatic carbocycles. The average molecular weight is 409 g/mol. The fraction of sp³-hybridized carbons (Fsp3) is 0.391. The van der Waals surface area contributed by atoms with E-state index in [1.165, 1.54) is 24.8 Å². The second kappa shape index (κ2) is 8.26. The van der Waals surface area contributed by atoms with Crippen LogP contribution in [-0.2, 0) is 10.2 Å². The van der Waals surface area contributed by atoms with Crippen LogP contribution in [0.3, 0.4) is 0 Å². The van der Waals surface area contributed by atoms with Crippen molar-refractivity contribution in [3.63, 3.8) is 0 Å². The fourth-order valence-corrected chi connectivity index (χ4v) is 3.43. The Morgan fingerprint density at radius 2 is 1.87 bits per heavy atom. The van der Waals surface area contributed by atoms with Crippen molar-refractivity contribution in [3.8, 4) is 5.75 Å². The molecule has 0 aliphatic heterocycles. The normalized spacial score (nSPS) is 18.6. The molecule has 1 fully saturated rings. The van der Waals surface area contributed by atoms with Crippen molar-refractivity contribution in [2.75, 3.05) is 7.11 Å². The van der Waals surface area contributed by atoms with E-state index in [1.807, 2.05) is 0 Å². The highest BCUT2D eigenvalue weighted by molar-refractivity contribution is 6.00. The molecule has 1 amide bonds. The lowest BCUT2D eigenvalue weighted by Crippen LogP contribution is -2.21. The van der Waals surface area contributed by atoms with Gasteiger partial charge in [-0.25, -0.2) is 5.43 Å². The molecule has 0 heterocycles. The summed E-state index contributed by atoms with van der Waals surface area (Å²) in [5.74, 6) is 0.144. The maximum absolute atomic E-state index is 12.5. The first-order valence-corrected chi connectivity index (χ1v) is 9.89. The third kappa shape index (κ3) is 4.67. The van der Waals surface area contributed by atoms with E-state index in [0.717, 1.165) is 12.0 Å². The Labute approximate surface area is 176 Å². The van der Waals surface area contributed by atoms with E-state index in [0.29, 0.717) is 11.3 Å². The van der Waals surface area contributed by atoms with E-state index in [1.54, 1.807) is 13.0 Å². The number of hydrogen-bond donors (Lipinski definition) is 1. The van der Waals surface area contributed by atoms with Crippen molar-refractivity contribution in [3.05, 3.63) is 69.3 Å². The predicted octanol–water partition coefficient (Wildman–Crippen LogP) is 4.54. The predicted molar refractivity (Wildman–Crippen MR) is 116 cm³/mol. The van der Waals surface area contributed by atoms with Gasteiger partial charge in [0.25, 0.3) is 0 Å². The quantitative estimate of drug-likeness (QED) is 0.430. The fourth-order valence-electron chi connectivity index (χ4n) is 3.43. The minimum absolute atomic E-state index is 0.0988. The maximum atomic E-state index is 12.5. The molecule has 1 N–H and O–H groups in total. The molecule has 1 saturated carbocycles. The number of nitro benzene ring substituents is 1. The molecule has 0 spiro atoms.